The van der Waals surface area contributed by atoms with E-state index in [1.54, 1.807) is 12.1 Å². The van der Waals surface area contributed by atoms with Crippen LogP contribution >= 0.6 is 0 Å². The van der Waals surface area contributed by atoms with Crippen molar-refractivity contribution in [3.63, 3.8) is 0 Å². The van der Waals surface area contributed by atoms with Gasteiger partial charge in [-0.25, -0.2) is 4.39 Å². The smallest absolute Gasteiger partial charge is 0.299 e. The molecular formula is C17H21F4N. The van der Waals surface area contributed by atoms with Gasteiger partial charge in [-0.15, -0.1) is 0 Å². The van der Waals surface area contributed by atoms with Crippen molar-refractivity contribution < 1.29 is 17.6 Å². The lowest BCUT2D eigenvalue weighted by Crippen LogP contribution is -2.37. The van der Waals surface area contributed by atoms with Crippen LogP contribution in [0, 0.1) is 17.2 Å². The lowest BCUT2D eigenvalue weighted by Gasteiger charge is -2.39. The van der Waals surface area contributed by atoms with Gasteiger partial charge in [0.1, 0.15) is 5.82 Å². The maximum absolute atomic E-state index is 13.0. The number of hydrogen-bond donors (Lipinski definition) is 0. The lowest BCUT2D eigenvalue weighted by atomic mass is 9.69. The molecule has 2 fully saturated rings. The van der Waals surface area contributed by atoms with E-state index < -0.39 is 12.1 Å². The van der Waals surface area contributed by atoms with E-state index in [2.05, 4.69) is 4.90 Å². The van der Waals surface area contributed by atoms with E-state index >= 15 is 0 Å². The Bertz CT molecular complexity index is 510. The van der Waals surface area contributed by atoms with Crippen molar-refractivity contribution in [3.8, 4) is 0 Å². The molecule has 22 heavy (non-hydrogen) atoms. The Morgan fingerprint density at radius 2 is 1.86 bits per heavy atom. The van der Waals surface area contributed by atoms with E-state index in [1.807, 2.05) is 0 Å². The number of benzene rings is 1. The molecule has 2 atom stereocenters. The highest BCUT2D eigenvalue weighted by Crippen LogP contribution is 2.50. The second-order valence-corrected chi connectivity index (χ2v) is 6.92. The molecule has 0 bridgehead atoms. The van der Waals surface area contributed by atoms with Crippen LogP contribution in [0.25, 0.3) is 0 Å². The first-order valence-corrected chi connectivity index (χ1v) is 7.90. The second kappa shape index (κ2) is 5.84. The summed E-state index contributed by atoms with van der Waals surface area (Å²) in [6, 6.07) is 6.36. The quantitative estimate of drug-likeness (QED) is 0.711. The standard InChI is InChI=1S/C17H21F4N/c18-15-5-3-13(4-6-15)11-22-9-8-16(12-22)7-1-2-14(10-16)17(19,20)21/h3-6,14H,1-2,7-12H2/t14-,16+/m1/s1. The Kier molecular flexibility index (Phi) is 4.19. The number of hydrogen-bond acceptors (Lipinski definition) is 1. The number of likely N-dealkylation sites (tertiary alicyclic amines) is 1. The summed E-state index contributed by atoms with van der Waals surface area (Å²) in [4.78, 5) is 2.21. The zero-order chi connectivity index (χ0) is 15.8. The summed E-state index contributed by atoms with van der Waals surface area (Å²) in [6.45, 7) is 2.26. The molecule has 5 heteroatoms. The minimum absolute atomic E-state index is 0.168. The highest BCUT2D eigenvalue weighted by molar-refractivity contribution is 5.16. The average Bonchev–Trinajstić information content (AvgIpc) is 2.83. The largest absolute Gasteiger partial charge is 0.391 e. The molecule has 122 valence electrons. The molecule has 1 heterocycles. The van der Waals surface area contributed by atoms with E-state index in [4.69, 9.17) is 0 Å². The van der Waals surface area contributed by atoms with Gasteiger partial charge in [-0.3, -0.25) is 4.90 Å². The number of alkyl halides is 3. The van der Waals surface area contributed by atoms with Gasteiger partial charge in [0.2, 0.25) is 0 Å². The van der Waals surface area contributed by atoms with Crippen LogP contribution in [-0.4, -0.2) is 24.2 Å². The minimum atomic E-state index is -4.06. The van der Waals surface area contributed by atoms with Crippen LogP contribution in [0.1, 0.15) is 37.7 Å². The molecule has 0 aromatic heterocycles. The van der Waals surface area contributed by atoms with Crippen molar-refractivity contribution >= 4 is 0 Å². The Balaban J connectivity index is 1.62. The van der Waals surface area contributed by atoms with Crippen LogP contribution in [0.5, 0.6) is 0 Å². The zero-order valence-electron chi connectivity index (χ0n) is 12.5. The van der Waals surface area contributed by atoms with Crippen molar-refractivity contribution in [1.29, 1.82) is 0 Å². The molecule has 2 aliphatic rings. The third kappa shape index (κ3) is 3.45. The normalized spacial score (nSPS) is 30.1. The molecule has 0 N–H and O–H groups in total. The van der Waals surface area contributed by atoms with Crippen LogP contribution in [0.4, 0.5) is 17.6 Å². The Morgan fingerprint density at radius 3 is 2.55 bits per heavy atom. The predicted molar refractivity (Wildman–Crippen MR) is 76.7 cm³/mol. The third-order valence-corrected chi connectivity index (χ3v) is 5.24. The fraction of sp³-hybridized carbons (Fsp3) is 0.647. The predicted octanol–water partition coefficient (Wildman–Crippen LogP) is 4.77. The van der Waals surface area contributed by atoms with Crippen LogP contribution in [0.15, 0.2) is 24.3 Å². The Morgan fingerprint density at radius 1 is 1.14 bits per heavy atom. The van der Waals surface area contributed by atoms with E-state index in [0.29, 0.717) is 13.0 Å². The van der Waals surface area contributed by atoms with E-state index in [9.17, 15) is 17.6 Å². The van der Waals surface area contributed by atoms with Gasteiger partial charge < -0.3 is 0 Å². The fourth-order valence-electron chi connectivity index (χ4n) is 4.11. The third-order valence-electron chi connectivity index (χ3n) is 5.24. The van der Waals surface area contributed by atoms with Crippen LogP contribution in [0.3, 0.4) is 0 Å². The van der Waals surface area contributed by atoms with Gasteiger partial charge in [0.15, 0.2) is 0 Å². The molecule has 1 aliphatic carbocycles. The highest BCUT2D eigenvalue weighted by Gasteiger charge is 2.49. The first-order valence-electron chi connectivity index (χ1n) is 7.90. The molecule has 1 spiro atoms. The molecule has 3 rings (SSSR count). The average molecular weight is 315 g/mol. The van der Waals surface area contributed by atoms with Gasteiger partial charge in [-0.2, -0.15) is 13.2 Å². The second-order valence-electron chi connectivity index (χ2n) is 6.92. The molecular weight excluding hydrogens is 294 g/mol. The number of halogens is 4. The van der Waals surface area contributed by atoms with Gasteiger partial charge in [0, 0.05) is 13.1 Å². The van der Waals surface area contributed by atoms with Crippen molar-refractivity contribution in [2.75, 3.05) is 13.1 Å². The molecule has 1 nitrogen and oxygen atoms in total. The van der Waals surface area contributed by atoms with Gasteiger partial charge >= 0.3 is 6.18 Å². The van der Waals surface area contributed by atoms with Crippen LogP contribution in [-0.2, 0) is 6.54 Å². The molecule has 1 aromatic carbocycles. The van der Waals surface area contributed by atoms with Crippen molar-refractivity contribution in [1.82, 2.24) is 4.90 Å². The van der Waals surface area contributed by atoms with Crippen LogP contribution < -0.4 is 0 Å². The zero-order valence-corrected chi connectivity index (χ0v) is 12.5. The summed E-state index contributed by atoms with van der Waals surface area (Å²) in [6.07, 6.45) is -1.08. The lowest BCUT2D eigenvalue weighted by molar-refractivity contribution is -0.191. The monoisotopic (exact) mass is 315 g/mol. The number of rotatable bonds is 2. The first kappa shape index (κ1) is 15.8. The van der Waals surface area contributed by atoms with Gasteiger partial charge in [-0.1, -0.05) is 18.6 Å². The minimum Gasteiger partial charge on any atom is -0.299 e. The van der Waals surface area contributed by atoms with Crippen molar-refractivity contribution in [2.45, 2.75) is 44.8 Å². The topological polar surface area (TPSA) is 3.24 Å². The van der Waals surface area contributed by atoms with Gasteiger partial charge in [0.25, 0.3) is 0 Å². The van der Waals surface area contributed by atoms with E-state index in [0.717, 1.165) is 31.5 Å². The Labute approximate surface area is 128 Å². The summed E-state index contributed by atoms with van der Waals surface area (Å²) in [5.41, 5.74) is 0.847. The van der Waals surface area contributed by atoms with Gasteiger partial charge in [0.05, 0.1) is 5.92 Å². The summed E-state index contributed by atoms with van der Waals surface area (Å²) in [5, 5.41) is 0. The van der Waals surface area contributed by atoms with Crippen LogP contribution in [0.2, 0.25) is 0 Å². The number of nitrogens with zero attached hydrogens (tertiary/aromatic N) is 1. The molecule has 0 radical (unpaired) electrons. The summed E-state index contributed by atoms with van der Waals surface area (Å²) in [7, 11) is 0. The van der Waals surface area contributed by atoms with Crippen molar-refractivity contribution in [2.24, 2.45) is 11.3 Å². The van der Waals surface area contributed by atoms with E-state index in [1.165, 1.54) is 12.1 Å². The molecule has 1 saturated heterocycles. The summed E-state index contributed by atoms with van der Waals surface area (Å²) >= 11 is 0. The maximum Gasteiger partial charge on any atom is 0.391 e. The molecule has 0 unspecified atom stereocenters. The molecule has 0 amide bonds. The van der Waals surface area contributed by atoms with Crippen molar-refractivity contribution in [3.05, 3.63) is 35.6 Å². The molecule has 1 aliphatic heterocycles. The summed E-state index contributed by atoms with van der Waals surface area (Å²) in [5.74, 6) is -1.39. The molecule has 1 aromatic rings. The summed E-state index contributed by atoms with van der Waals surface area (Å²) < 4.78 is 52.0. The SMILES string of the molecule is Fc1ccc(CN2CC[C@]3(CCC[C@@H](C(F)(F)F)C3)C2)cc1. The highest BCUT2D eigenvalue weighted by atomic mass is 19.4. The Hall–Kier alpha value is -1.10. The van der Waals surface area contributed by atoms with E-state index in [-0.39, 0.29) is 24.1 Å². The maximum atomic E-state index is 13.0. The molecule has 1 saturated carbocycles. The first-order chi connectivity index (χ1) is 10.4. The fourth-order valence-corrected chi connectivity index (χ4v) is 4.11. The van der Waals surface area contributed by atoms with Gasteiger partial charge in [-0.05, 0) is 55.3 Å².